The molecule has 4 heteroatoms. The SMILES string of the molecule is Clc1cccc(COc2ccc(CNC3CC3)cc2Cl)c1. The number of nitrogens with one attached hydrogen (secondary N) is 1. The van der Waals surface area contributed by atoms with Gasteiger partial charge in [-0.15, -0.1) is 0 Å². The number of hydrogen-bond acceptors (Lipinski definition) is 2. The molecule has 0 heterocycles. The van der Waals surface area contributed by atoms with Crippen molar-refractivity contribution < 1.29 is 4.74 Å². The van der Waals surface area contributed by atoms with Gasteiger partial charge in [0.25, 0.3) is 0 Å². The van der Waals surface area contributed by atoms with E-state index in [1.165, 1.54) is 18.4 Å². The highest BCUT2D eigenvalue weighted by molar-refractivity contribution is 6.32. The molecule has 21 heavy (non-hydrogen) atoms. The Labute approximate surface area is 135 Å². The third kappa shape index (κ3) is 4.37. The van der Waals surface area contributed by atoms with E-state index in [0.717, 1.165) is 12.1 Å². The minimum atomic E-state index is 0.458. The van der Waals surface area contributed by atoms with Crippen LogP contribution in [0.1, 0.15) is 24.0 Å². The van der Waals surface area contributed by atoms with E-state index in [1.807, 2.05) is 36.4 Å². The van der Waals surface area contributed by atoms with E-state index >= 15 is 0 Å². The van der Waals surface area contributed by atoms with Gasteiger partial charge in [0.1, 0.15) is 12.4 Å². The van der Waals surface area contributed by atoms with Crippen LogP contribution in [0.25, 0.3) is 0 Å². The summed E-state index contributed by atoms with van der Waals surface area (Å²) in [7, 11) is 0. The molecule has 1 N–H and O–H groups in total. The van der Waals surface area contributed by atoms with Crippen LogP contribution in [0.2, 0.25) is 10.0 Å². The summed E-state index contributed by atoms with van der Waals surface area (Å²) in [6.45, 7) is 1.32. The quantitative estimate of drug-likeness (QED) is 0.823. The van der Waals surface area contributed by atoms with Crippen LogP contribution in [0.3, 0.4) is 0 Å². The van der Waals surface area contributed by atoms with E-state index in [-0.39, 0.29) is 0 Å². The van der Waals surface area contributed by atoms with Crippen molar-refractivity contribution in [3.8, 4) is 5.75 Å². The fraction of sp³-hybridized carbons (Fsp3) is 0.294. The maximum absolute atomic E-state index is 6.28. The highest BCUT2D eigenvalue weighted by Gasteiger charge is 2.20. The number of hydrogen-bond donors (Lipinski definition) is 1. The molecule has 0 aliphatic heterocycles. The summed E-state index contributed by atoms with van der Waals surface area (Å²) in [5, 5.41) is 4.83. The molecule has 0 spiro atoms. The first-order valence-electron chi connectivity index (χ1n) is 7.10. The zero-order valence-corrected chi connectivity index (χ0v) is 13.1. The molecule has 1 aliphatic rings. The summed E-state index contributed by atoms with van der Waals surface area (Å²) < 4.78 is 5.76. The second-order valence-corrected chi connectivity index (χ2v) is 6.18. The van der Waals surface area contributed by atoms with Crippen LogP contribution < -0.4 is 10.1 Å². The third-order valence-electron chi connectivity index (χ3n) is 3.45. The van der Waals surface area contributed by atoms with Crippen molar-refractivity contribution in [2.75, 3.05) is 0 Å². The van der Waals surface area contributed by atoms with E-state index in [1.54, 1.807) is 0 Å². The van der Waals surface area contributed by atoms with E-state index in [9.17, 15) is 0 Å². The van der Waals surface area contributed by atoms with E-state index in [2.05, 4.69) is 11.4 Å². The van der Waals surface area contributed by atoms with E-state index in [0.29, 0.717) is 28.4 Å². The molecular weight excluding hydrogens is 305 g/mol. The highest BCUT2D eigenvalue weighted by atomic mass is 35.5. The van der Waals surface area contributed by atoms with E-state index < -0.39 is 0 Å². The molecule has 0 amide bonds. The van der Waals surface area contributed by atoms with Crippen molar-refractivity contribution in [1.82, 2.24) is 5.32 Å². The fourth-order valence-electron chi connectivity index (χ4n) is 2.11. The molecule has 2 aromatic rings. The molecule has 1 aliphatic carbocycles. The minimum absolute atomic E-state index is 0.458. The summed E-state index contributed by atoms with van der Waals surface area (Å²) in [4.78, 5) is 0. The maximum atomic E-state index is 6.28. The predicted octanol–water partition coefficient (Wildman–Crippen LogP) is 4.82. The summed E-state index contributed by atoms with van der Waals surface area (Å²) >= 11 is 12.2. The Morgan fingerprint density at radius 2 is 1.90 bits per heavy atom. The Morgan fingerprint density at radius 1 is 1.05 bits per heavy atom. The molecule has 1 saturated carbocycles. The van der Waals surface area contributed by atoms with Crippen molar-refractivity contribution in [1.29, 1.82) is 0 Å². The van der Waals surface area contributed by atoms with Crippen LogP contribution in [-0.4, -0.2) is 6.04 Å². The average molecular weight is 322 g/mol. The van der Waals surface area contributed by atoms with Crippen LogP contribution in [0.4, 0.5) is 0 Å². The molecular formula is C17H17Cl2NO. The average Bonchev–Trinajstić information content (AvgIpc) is 3.28. The molecule has 0 atom stereocenters. The summed E-state index contributed by atoms with van der Waals surface area (Å²) in [5.74, 6) is 0.701. The van der Waals surface area contributed by atoms with Gasteiger partial charge in [0, 0.05) is 17.6 Å². The van der Waals surface area contributed by atoms with E-state index in [4.69, 9.17) is 27.9 Å². The molecule has 1 fully saturated rings. The van der Waals surface area contributed by atoms with Crippen molar-refractivity contribution in [3.05, 3.63) is 63.6 Å². The molecule has 0 aromatic heterocycles. The van der Waals surface area contributed by atoms with Crippen LogP contribution in [0.5, 0.6) is 5.75 Å². The number of ether oxygens (including phenoxy) is 1. The number of halogens is 2. The molecule has 0 unspecified atom stereocenters. The monoisotopic (exact) mass is 321 g/mol. The van der Waals surface area contributed by atoms with Crippen molar-refractivity contribution in [2.45, 2.75) is 32.0 Å². The molecule has 3 rings (SSSR count). The van der Waals surface area contributed by atoms with Crippen molar-refractivity contribution in [2.24, 2.45) is 0 Å². The van der Waals surface area contributed by atoms with Gasteiger partial charge in [-0.05, 0) is 48.2 Å². The Balaban J connectivity index is 1.59. The van der Waals surface area contributed by atoms with Crippen LogP contribution in [0.15, 0.2) is 42.5 Å². The highest BCUT2D eigenvalue weighted by Crippen LogP contribution is 2.27. The maximum Gasteiger partial charge on any atom is 0.138 e. The van der Waals surface area contributed by atoms with Crippen LogP contribution in [0, 0.1) is 0 Å². The first-order valence-corrected chi connectivity index (χ1v) is 7.85. The van der Waals surface area contributed by atoms with Crippen LogP contribution in [-0.2, 0) is 13.2 Å². The summed E-state index contributed by atoms with van der Waals surface area (Å²) in [6, 6.07) is 14.3. The Hall–Kier alpha value is -1.22. The second-order valence-electron chi connectivity index (χ2n) is 5.34. The topological polar surface area (TPSA) is 21.3 Å². The first kappa shape index (κ1) is 14.7. The first-order chi connectivity index (χ1) is 10.2. The van der Waals surface area contributed by atoms with Gasteiger partial charge in [-0.3, -0.25) is 0 Å². The van der Waals surface area contributed by atoms with Crippen molar-refractivity contribution in [3.63, 3.8) is 0 Å². The lowest BCUT2D eigenvalue weighted by Crippen LogP contribution is -2.15. The van der Waals surface area contributed by atoms with Gasteiger partial charge in [0.05, 0.1) is 5.02 Å². The van der Waals surface area contributed by atoms with Gasteiger partial charge in [-0.2, -0.15) is 0 Å². The predicted molar refractivity (Wildman–Crippen MR) is 87.1 cm³/mol. The van der Waals surface area contributed by atoms with Gasteiger partial charge in [-0.25, -0.2) is 0 Å². The second kappa shape index (κ2) is 6.69. The zero-order valence-electron chi connectivity index (χ0n) is 11.6. The summed E-state index contributed by atoms with van der Waals surface area (Å²) in [6.07, 6.45) is 2.57. The van der Waals surface area contributed by atoms with Gasteiger partial charge >= 0.3 is 0 Å². The largest absolute Gasteiger partial charge is 0.487 e. The normalized spacial score (nSPS) is 14.2. The molecule has 2 aromatic carbocycles. The van der Waals surface area contributed by atoms with Gasteiger partial charge < -0.3 is 10.1 Å². The van der Waals surface area contributed by atoms with Gasteiger partial charge in [0.2, 0.25) is 0 Å². The molecule has 110 valence electrons. The Morgan fingerprint density at radius 3 is 2.62 bits per heavy atom. The lowest BCUT2D eigenvalue weighted by Gasteiger charge is -2.10. The van der Waals surface area contributed by atoms with Crippen molar-refractivity contribution >= 4 is 23.2 Å². The molecule has 0 radical (unpaired) electrons. The lowest BCUT2D eigenvalue weighted by molar-refractivity contribution is 0.306. The zero-order chi connectivity index (χ0) is 14.7. The Kier molecular flexibility index (Phi) is 4.69. The van der Waals surface area contributed by atoms with Crippen LogP contribution >= 0.6 is 23.2 Å². The number of benzene rings is 2. The number of rotatable bonds is 6. The summed E-state index contributed by atoms with van der Waals surface area (Å²) in [5.41, 5.74) is 2.21. The van der Waals surface area contributed by atoms with Gasteiger partial charge in [-0.1, -0.05) is 41.4 Å². The molecule has 0 bridgehead atoms. The fourth-order valence-corrected chi connectivity index (χ4v) is 2.58. The van der Waals surface area contributed by atoms with Gasteiger partial charge in [0.15, 0.2) is 0 Å². The lowest BCUT2D eigenvalue weighted by atomic mass is 10.2. The third-order valence-corrected chi connectivity index (χ3v) is 3.98. The minimum Gasteiger partial charge on any atom is -0.487 e. The molecule has 2 nitrogen and oxygen atoms in total. The molecule has 0 saturated heterocycles. The standard InChI is InChI=1S/C17H17Cl2NO/c18-14-3-1-2-13(8-14)11-21-17-7-4-12(9-16(17)19)10-20-15-5-6-15/h1-4,7-9,15,20H,5-6,10-11H2. The Bertz CT molecular complexity index is 626. The smallest absolute Gasteiger partial charge is 0.138 e.